The van der Waals surface area contributed by atoms with Gasteiger partial charge in [-0.25, -0.2) is 0 Å². The smallest absolute Gasteiger partial charge is 0.191 e. The number of hydrogen-bond donors (Lipinski definition) is 2. The average Bonchev–Trinajstić information content (AvgIpc) is 1.99. The molecule has 0 aliphatic carbocycles. The van der Waals surface area contributed by atoms with Gasteiger partial charge in [0.05, 0.1) is 5.60 Å². The minimum absolute atomic E-state index is 0.154. The van der Waals surface area contributed by atoms with Gasteiger partial charge in [0.1, 0.15) is 0 Å². The Bertz CT molecular complexity index is 272. The monoisotopic (exact) mass is 264 g/mol. The van der Waals surface area contributed by atoms with Crippen molar-refractivity contribution in [3.63, 3.8) is 0 Å². The van der Waals surface area contributed by atoms with E-state index in [0.29, 0.717) is 13.0 Å². The van der Waals surface area contributed by atoms with E-state index in [1.807, 2.05) is 27.7 Å². The summed E-state index contributed by atoms with van der Waals surface area (Å²) < 4.78 is 5.57. The first-order chi connectivity index (χ1) is 7.07. The molecule has 0 aromatic rings. The van der Waals surface area contributed by atoms with Gasteiger partial charge in [-0.15, -0.1) is 25.3 Å². The van der Waals surface area contributed by atoms with Crippen LogP contribution in [0, 0.1) is 5.41 Å². The van der Waals surface area contributed by atoms with Gasteiger partial charge in [0, 0.05) is 18.4 Å². The molecular formula is C11H20O3S2. The molecule has 94 valence electrons. The molecule has 16 heavy (non-hydrogen) atoms. The fraction of sp³-hybridized carbons (Fsp3) is 0.818. The van der Waals surface area contributed by atoms with Gasteiger partial charge in [0.2, 0.25) is 0 Å². The fourth-order valence-corrected chi connectivity index (χ4v) is 1.60. The van der Waals surface area contributed by atoms with Crippen LogP contribution in [0.2, 0.25) is 0 Å². The molecule has 0 aromatic heterocycles. The van der Waals surface area contributed by atoms with Gasteiger partial charge in [-0.2, -0.15) is 0 Å². The largest absolute Gasteiger partial charge is 0.375 e. The lowest BCUT2D eigenvalue weighted by Gasteiger charge is -2.27. The predicted molar refractivity (Wildman–Crippen MR) is 71.0 cm³/mol. The molecule has 0 N–H and O–H groups in total. The zero-order chi connectivity index (χ0) is 13.0. The topological polar surface area (TPSA) is 43.4 Å². The SMILES string of the molecule is CC(C)(CC(=O)S)OCCC(C)(C)C(=O)S. The summed E-state index contributed by atoms with van der Waals surface area (Å²) in [6.07, 6.45) is 0.838. The van der Waals surface area contributed by atoms with Gasteiger partial charge in [0.25, 0.3) is 0 Å². The predicted octanol–water partition coefficient (Wildman–Crippen LogP) is 2.50. The molecule has 0 aliphatic rings. The van der Waals surface area contributed by atoms with Gasteiger partial charge in [-0.3, -0.25) is 9.59 Å². The molecule has 0 heterocycles. The maximum atomic E-state index is 11.1. The van der Waals surface area contributed by atoms with E-state index in [4.69, 9.17) is 4.74 Å². The molecule has 5 heteroatoms. The Morgan fingerprint density at radius 2 is 1.62 bits per heavy atom. The molecule has 0 saturated carbocycles. The second-order valence-electron chi connectivity index (χ2n) is 5.12. The van der Waals surface area contributed by atoms with Crippen LogP contribution in [0.15, 0.2) is 0 Å². The standard InChI is InChI=1S/C11H20O3S2/c1-10(2,9(13)16)5-6-14-11(3,4)7-8(12)15/h5-7H2,1-4H3,(H,12,15)(H,13,16). The third kappa shape index (κ3) is 6.55. The highest BCUT2D eigenvalue weighted by Gasteiger charge is 2.27. The van der Waals surface area contributed by atoms with E-state index in [9.17, 15) is 9.59 Å². The van der Waals surface area contributed by atoms with E-state index < -0.39 is 11.0 Å². The van der Waals surface area contributed by atoms with Crippen LogP contribution in [0.1, 0.15) is 40.5 Å². The van der Waals surface area contributed by atoms with Crippen LogP contribution >= 0.6 is 25.3 Å². The molecule has 0 aromatic carbocycles. The summed E-state index contributed by atoms with van der Waals surface area (Å²) in [6, 6.07) is 0. The number of carbonyl (C=O) groups excluding carboxylic acids is 2. The van der Waals surface area contributed by atoms with Gasteiger partial charge in [-0.05, 0) is 20.3 Å². The Labute approximate surface area is 108 Å². The second-order valence-corrected chi connectivity index (χ2v) is 6.02. The Morgan fingerprint density at radius 3 is 2.00 bits per heavy atom. The Balaban J connectivity index is 4.07. The Morgan fingerprint density at radius 1 is 1.12 bits per heavy atom. The summed E-state index contributed by atoms with van der Waals surface area (Å²) >= 11 is 7.54. The van der Waals surface area contributed by atoms with Crippen molar-refractivity contribution in [3.8, 4) is 0 Å². The lowest BCUT2D eigenvalue weighted by Crippen LogP contribution is -2.30. The molecule has 0 fully saturated rings. The Hall–Kier alpha value is -0.000000000000000111. The van der Waals surface area contributed by atoms with E-state index in [2.05, 4.69) is 25.3 Å². The fourth-order valence-electron chi connectivity index (χ4n) is 1.10. The molecule has 0 aliphatic heterocycles. The summed E-state index contributed by atoms with van der Waals surface area (Å²) in [5.41, 5.74) is -1.03. The maximum absolute atomic E-state index is 11.1. The summed E-state index contributed by atoms with van der Waals surface area (Å²) in [4.78, 5) is 22.0. The van der Waals surface area contributed by atoms with E-state index in [-0.39, 0.29) is 16.7 Å². The molecule has 0 unspecified atom stereocenters. The minimum Gasteiger partial charge on any atom is -0.375 e. The van der Waals surface area contributed by atoms with Crippen LogP contribution in [0.3, 0.4) is 0 Å². The molecular weight excluding hydrogens is 244 g/mol. The van der Waals surface area contributed by atoms with Gasteiger partial charge < -0.3 is 4.74 Å². The Kier molecular flexibility index (Phi) is 6.07. The van der Waals surface area contributed by atoms with Crippen LogP contribution in [-0.2, 0) is 14.3 Å². The first kappa shape index (κ1) is 16.0. The third-order valence-corrected chi connectivity index (χ3v) is 3.14. The zero-order valence-electron chi connectivity index (χ0n) is 10.2. The highest BCUT2D eigenvalue weighted by Crippen LogP contribution is 2.25. The highest BCUT2D eigenvalue weighted by molar-refractivity contribution is 7.96. The zero-order valence-corrected chi connectivity index (χ0v) is 12.0. The minimum atomic E-state index is -0.533. The van der Waals surface area contributed by atoms with E-state index in [0.717, 1.165) is 0 Å². The van der Waals surface area contributed by atoms with Crippen molar-refractivity contribution in [2.45, 2.75) is 46.1 Å². The van der Waals surface area contributed by atoms with Crippen molar-refractivity contribution in [3.05, 3.63) is 0 Å². The maximum Gasteiger partial charge on any atom is 0.191 e. The van der Waals surface area contributed by atoms with Crippen LogP contribution in [0.25, 0.3) is 0 Å². The van der Waals surface area contributed by atoms with Crippen LogP contribution in [0.5, 0.6) is 0 Å². The normalized spacial score (nSPS) is 12.6. The molecule has 3 nitrogen and oxygen atoms in total. The molecule has 0 radical (unpaired) electrons. The summed E-state index contributed by atoms with van der Waals surface area (Å²) in [6.45, 7) is 7.73. The number of thiol groups is 2. The lowest BCUT2D eigenvalue weighted by atomic mass is 9.91. The van der Waals surface area contributed by atoms with E-state index in [1.165, 1.54) is 0 Å². The first-order valence-electron chi connectivity index (χ1n) is 5.16. The second kappa shape index (κ2) is 6.07. The molecule has 0 saturated heterocycles. The van der Waals surface area contributed by atoms with Gasteiger partial charge in [0.15, 0.2) is 10.2 Å². The van der Waals surface area contributed by atoms with Gasteiger partial charge in [-0.1, -0.05) is 13.8 Å². The van der Waals surface area contributed by atoms with Crippen LogP contribution < -0.4 is 0 Å². The van der Waals surface area contributed by atoms with E-state index in [1.54, 1.807) is 0 Å². The summed E-state index contributed by atoms with van der Waals surface area (Å²) in [5, 5.41) is -0.353. The van der Waals surface area contributed by atoms with Crippen LogP contribution in [-0.4, -0.2) is 22.4 Å². The molecule has 0 rings (SSSR count). The van der Waals surface area contributed by atoms with Crippen molar-refractivity contribution in [2.75, 3.05) is 6.61 Å². The first-order valence-corrected chi connectivity index (χ1v) is 6.05. The van der Waals surface area contributed by atoms with Crippen molar-refractivity contribution < 1.29 is 14.3 Å². The van der Waals surface area contributed by atoms with Crippen molar-refractivity contribution in [1.29, 1.82) is 0 Å². The molecule has 0 atom stereocenters. The molecule has 0 amide bonds. The number of ether oxygens (including phenoxy) is 1. The molecule has 0 bridgehead atoms. The van der Waals surface area contributed by atoms with Crippen molar-refractivity contribution >= 4 is 35.5 Å². The summed E-state index contributed by atoms with van der Waals surface area (Å²) in [5.74, 6) is 0. The van der Waals surface area contributed by atoms with Crippen molar-refractivity contribution in [1.82, 2.24) is 0 Å². The average molecular weight is 264 g/mol. The van der Waals surface area contributed by atoms with Crippen LogP contribution in [0.4, 0.5) is 0 Å². The number of carbonyl (C=O) groups is 2. The third-order valence-electron chi connectivity index (χ3n) is 2.38. The highest BCUT2D eigenvalue weighted by atomic mass is 32.1. The van der Waals surface area contributed by atoms with E-state index >= 15 is 0 Å². The van der Waals surface area contributed by atoms with Gasteiger partial charge >= 0.3 is 0 Å². The summed E-state index contributed by atoms with van der Waals surface area (Å²) in [7, 11) is 0. The number of rotatable bonds is 7. The molecule has 0 spiro atoms. The quantitative estimate of drug-likeness (QED) is 0.694. The van der Waals surface area contributed by atoms with Crippen molar-refractivity contribution in [2.24, 2.45) is 5.41 Å². The number of hydrogen-bond acceptors (Lipinski definition) is 3. The lowest BCUT2D eigenvalue weighted by molar-refractivity contribution is -0.122.